The molecule has 4 aromatic heterocycles. The maximum absolute atomic E-state index is 13.6. The van der Waals surface area contributed by atoms with Gasteiger partial charge in [0.1, 0.15) is 17.5 Å². The van der Waals surface area contributed by atoms with E-state index in [9.17, 15) is 4.39 Å². The van der Waals surface area contributed by atoms with E-state index in [1.54, 1.807) is 18.3 Å². The van der Waals surface area contributed by atoms with Crippen molar-refractivity contribution in [1.29, 1.82) is 0 Å². The molecule has 1 aliphatic heterocycles. The quantitative estimate of drug-likeness (QED) is 0.390. The number of rotatable bonds is 6. The Morgan fingerprint density at radius 2 is 1.92 bits per heavy atom. The van der Waals surface area contributed by atoms with Gasteiger partial charge in [0.2, 0.25) is 5.95 Å². The second-order valence-electron chi connectivity index (χ2n) is 10.0. The molecule has 0 amide bonds. The highest BCUT2D eigenvalue weighted by molar-refractivity contribution is 5.94. The minimum atomic E-state index is -0.543. The summed E-state index contributed by atoms with van der Waals surface area (Å²) in [6.45, 7) is 2.82. The summed E-state index contributed by atoms with van der Waals surface area (Å²) in [7, 11) is 0. The van der Waals surface area contributed by atoms with E-state index in [4.69, 9.17) is 9.97 Å². The van der Waals surface area contributed by atoms with Crippen LogP contribution in [0.3, 0.4) is 0 Å². The van der Waals surface area contributed by atoms with E-state index in [1.165, 1.54) is 37.3 Å². The van der Waals surface area contributed by atoms with Crippen molar-refractivity contribution in [3.05, 3.63) is 60.4 Å². The smallest absolute Gasteiger partial charge is 0.214 e. The first-order valence-corrected chi connectivity index (χ1v) is 12.7. The van der Waals surface area contributed by atoms with Crippen molar-refractivity contribution in [2.75, 3.05) is 29.9 Å². The van der Waals surface area contributed by atoms with Crippen LogP contribution in [0.15, 0.2) is 48.9 Å². The van der Waals surface area contributed by atoms with Crippen LogP contribution in [0.5, 0.6) is 0 Å². The Hall–Kier alpha value is -3.72. The second kappa shape index (κ2) is 8.74. The minimum absolute atomic E-state index is 0.393. The fraction of sp³-hybridized carbons (Fsp3) is 0.370. The van der Waals surface area contributed by atoms with Crippen LogP contribution in [-0.2, 0) is 0 Å². The van der Waals surface area contributed by atoms with E-state index in [2.05, 4.69) is 30.5 Å². The lowest BCUT2D eigenvalue weighted by molar-refractivity contribution is 0.418. The molecule has 2 N–H and O–H groups in total. The lowest BCUT2D eigenvalue weighted by atomic mass is 10.1. The molecule has 0 radical (unpaired) electrons. The molecule has 9 heteroatoms. The number of nitrogens with one attached hydrogen (secondary N) is 2. The normalized spacial score (nSPS) is 20.0. The molecule has 3 aliphatic rings. The highest BCUT2D eigenvalue weighted by atomic mass is 19.1. The number of anilines is 3. The molecule has 0 bridgehead atoms. The van der Waals surface area contributed by atoms with Gasteiger partial charge in [0.15, 0.2) is 5.82 Å². The Labute approximate surface area is 208 Å². The monoisotopic (exact) mass is 482 g/mol. The molecule has 8 nitrogen and oxygen atoms in total. The van der Waals surface area contributed by atoms with Crippen molar-refractivity contribution >= 4 is 28.4 Å². The van der Waals surface area contributed by atoms with Gasteiger partial charge in [-0.3, -0.25) is 4.98 Å². The van der Waals surface area contributed by atoms with Gasteiger partial charge in [-0.05, 0) is 67.3 Å². The molecule has 0 aromatic carbocycles. The van der Waals surface area contributed by atoms with Crippen LogP contribution in [-0.4, -0.2) is 50.6 Å². The van der Waals surface area contributed by atoms with Crippen molar-refractivity contribution in [2.24, 2.45) is 5.92 Å². The first-order chi connectivity index (χ1) is 17.7. The van der Waals surface area contributed by atoms with Crippen LogP contribution >= 0.6 is 0 Å². The van der Waals surface area contributed by atoms with E-state index in [0.29, 0.717) is 29.4 Å². The van der Waals surface area contributed by atoms with Crippen molar-refractivity contribution in [3.8, 4) is 11.4 Å². The van der Waals surface area contributed by atoms with Gasteiger partial charge in [-0.1, -0.05) is 6.07 Å². The van der Waals surface area contributed by atoms with Crippen molar-refractivity contribution in [3.63, 3.8) is 0 Å². The molecule has 0 spiro atoms. The van der Waals surface area contributed by atoms with Crippen molar-refractivity contribution < 1.29 is 4.39 Å². The van der Waals surface area contributed by atoms with Gasteiger partial charge >= 0.3 is 0 Å². The second-order valence-corrected chi connectivity index (χ2v) is 10.0. The standard InChI is InChI=1S/C27H27FN8/c28-22-2-1-3-23(33-22)34-24-12-18(8-9-31-24)26-32-20-14-29-13-19(16-4-5-16)25(20)27(35-26)36-11-10-30-21(15-36)17-6-7-17/h1-3,8-9,12-14,16-17,21,30H,4-7,10-11,15H2,(H,31,33,34)/t21-/m1/s1. The highest BCUT2D eigenvalue weighted by Gasteiger charge is 2.36. The molecule has 2 saturated carbocycles. The summed E-state index contributed by atoms with van der Waals surface area (Å²) in [5, 5.41) is 7.93. The molecule has 2 aliphatic carbocycles. The predicted molar refractivity (Wildman–Crippen MR) is 137 cm³/mol. The van der Waals surface area contributed by atoms with E-state index in [0.717, 1.165) is 47.8 Å². The lowest BCUT2D eigenvalue weighted by Gasteiger charge is -2.35. The summed E-state index contributed by atoms with van der Waals surface area (Å²) in [4.78, 5) is 25.4. The van der Waals surface area contributed by atoms with Gasteiger partial charge in [-0.2, -0.15) is 4.39 Å². The topological polar surface area (TPSA) is 91.8 Å². The van der Waals surface area contributed by atoms with E-state index in [1.807, 2.05) is 24.5 Å². The Kier molecular flexibility index (Phi) is 5.23. The summed E-state index contributed by atoms with van der Waals surface area (Å²) in [6, 6.07) is 8.91. The van der Waals surface area contributed by atoms with Gasteiger partial charge in [-0.15, -0.1) is 0 Å². The molecule has 4 aromatic rings. The number of nitrogens with zero attached hydrogens (tertiary/aromatic N) is 6. The maximum atomic E-state index is 13.6. The Balaban J connectivity index is 1.30. The Morgan fingerprint density at radius 3 is 2.75 bits per heavy atom. The molecular formula is C27H27FN8. The van der Waals surface area contributed by atoms with E-state index >= 15 is 0 Å². The molecule has 7 rings (SSSR count). The van der Waals surface area contributed by atoms with Crippen molar-refractivity contribution in [2.45, 2.75) is 37.6 Å². The number of pyridine rings is 3. The third-order valence-electron chi connectivity index (χ3n) is 7.32. The molecule has 1 atom stereocenters. The molecule has 3 fully saturated rings. The van der Waals surface area contributed by atoms with Gasteiger partial charge in [0.25, 0.3) is 0 Å². The summed E-state index contributed by atoms with van der Waals surface area (Å²) < 4.78 is 13.6. The van der Waals surface area contributed by atoms with Crippen LogP contribution in [0.2, 0.25) is 0 Å². The average molecular weight is 483 g/mol. The van der Waals surface area contributed by atoms with Gasteiger partial charge in [0.05, 0.1) is 11.7 Å². The fourth-order valence-corrected chi connectivity index (χ4v) is 5.18. The molecule has 182 valence electrons. The summed E-state index contributed by atoms with van der Waals surface area (Å²) in [6.07, 6.45) is 10.6. The van der Waals surface area contributed by atoms with E-state index in [-0.39, 0.29) is 0 Å². The van der Waals surface area contributed by atoms with Gasteiger partial charge < -0.3 is 15.5 Å². The van der Waals surface area contributed by atoms with Gasteiger partial charge in [0, 0.05) is 49.0 Å². The third kappa shape index (κ3) is 4.24. The molecule has 5 heterocycles. The highest BCUT2D eigenvalue weighted by Crippen LogP contribution is 2.45. The zero-order chi connectivity index (χ0) is 24.1. The number of fused-ring (bicyclic) bond motifs is 1. The van der Waals surface area contributed by atoms with Crippen LogP contribution in [0.25, 0.3) is 22.3 Å². The summed E-state index contributed by atoms with van der Waals surface area (Å²) in [5.41, 5.74) is 2.97. The predicted octanol–water partition coefficient (Wildman–Crippen LogP) is 4.43. The molecular weight excluding hydrogens is 455 g/mol. The zero-order valence-corrected chi connectivity index (χ0v) is 19.9. The third-order valence-corrected chi connectivity index (χ3v) is 7.32. The first-order valence-electron chi connectivity index (χ1n) is 12.7. The molecule has 1 saturated heterocycles. The number of piperazine rings is 1. The number of hydrogen-bond acceptors (Lipinski definition) is 8. The zero-order valence-electron chi connectivity index (χ0n) is 19.9. The largest absolute Gasteiger partial charge is 0.353 e. The lowest BCUT2D eigenvalue weighted by Crippen LogP contribution is -2.52. The Bertz CT molecular complexity index is 1430. The number of hydrogen-bond donors (Lipinski definition) is 2. The van der Waals surface area contributed by atoms with Crippen molar-refractivity contribution in [1.82, 2.24) is 30.2 Å². The number of halogens is 1. The van der Waals surface area contributed by atoms with Crippen LogP contribution in [0, 0.1) is 11.9 Å². The SMILES string of the molecule is Fc1cccc(Nc2cc(-c3nc(N4CCN[C@@H](C5CC5)C4)c4c(C5CC5)cncc4n3)ccn2)n1. The maximum Gasteiger partial charge on any atom is 0.214 e. The Morgan fingerprint density at radius 1 is 1.00 bits per heavy atom. The molecule has 36 heavy (non-hydrogen) atoms. The van der Waals surface area contributed by atoms with Crippen LogP contribution in [0.4, 0.5) is 21.8 Å². The summed E-state index contributed by atoms with van der Waals surface area (Å²) >= 11 is 0. The minimum Gasteiger partial charge on any atom is -0.353 e. The number of aromatic nitrogens is 5. The average Bonchev–Trinajstić information content (AvgIpc) is 3.82. The summed E-state index contributed by atoms with van der Waals surface area (Å²) in [5.74, 6) is 3.36. The van der Waals surface area contributed by atoms with E-state index < -0.39 is 5.95 Å². The first kappa shape index (κ1) is 21.6. The van der Waals surface area contributed by atoms with Crippen LogP contribution in [0.1, 0.15) is 37.2 Å². The molecule has 0 unspecified atom stereocenters. The fourth-order valence-electron chi connectivity index (χ4n) is 5.18. The van der Waals surface area contributed by atoms with Crippen LogP contribution < -0.4 is 15.5 Å². The van der Waals surface area contributed by atoms with Gasteiger partial charge in [-0.25, -0.2) is 19.9 Å².